The molecule has 2 aliphatic heterocycles. The lowest BCUT2D eigenvalue weighted by Crippen LogP contribution is -2.44. The predicted molar refractivity (Wildman–Crippen MR) is 256 cm³/mol. The highest BCUT2D eigenvalue weighted by Crippen LogP contribution is 2.67. The van der Waals surface area contributed by atoms with E-state index in [1.54, 1.807) is 35.5 Å². The third-order valence-corrected chi connectivity index (χ3v) is 14.3. The molecule has 330 valence electrons. The van der Waals surface area contributed by atoms with Crippen molar-refractivity contribution in [2.75, 3.05) is 66.8 Å². The van der Waals surface area contributed by atoms with E-state index in [9.17, 15) is 0 Å². The first kappa shape index (κ1) is 41.9. The fourth-order valence-electron chi connectivity index (χ4n) is 12.3. The molecule has 1 atom stereocenters. The number of methoxy groups -OCH3 is 5. The van der Waals surface area contributed by atoms with Crippen LogP contribution in [0, 0.1) is 10.8 Å². The van der Waals surface area contributed by atoms with Crippen LogP contribution >= 0.6 is 0 Å². The fourth-order valence-corrected chi connectivity index (χ4v) is 12.3. The SMILES string of the molecule is COc1ccc(C2(c3ccc(N4CCOCC4)cc3)C=Cc3c4c(c5cc(-c6ccc(OC)cc6OC)c(OC)cc5c3O2)-c2ccc(OC)cc2C42CC(C)(C)CC(C)(C)C2)cc1. The lowest BCUT2D eigenvalue weighted by molar-refractivity contribution is 0.0641. The van der Waals surface area contributed by atoms with Crippen molar-refractivity contribution < 1.29 is 33.2 Å². The first-order chi connectivity index (χ1) is 30.9. The summed E-state index contributed by atoms with van der Waals surface area (Å²) in [7, 11) is 8.59. The Hall–Kier alpha value is -6.12. The highest BCUT2D eigenvalue weighted by atomic mass is 16.5. The summed E-state index contributed by atoms with van der Waals surface area (Å²) in [6.07, 6.45) is 7.73. The number of fused-ring (bicyclic) bond motifs is 10. The second-order valence-corrected chi connectivity index (χ2v) is 19.6. The third kappa shape index (κ3) is 6.67. The van der Waals surface area contributed by atoms with Gasteiger partial charge in [0.05, 0.1) is 48.8 Å². The van der Waals surface area contributed by atoms with Crippen LogP contribution in [0.3, 0.4) is 0 Å². The van der Waals surface area contributed by atoms with E-state index in [0.29, 0.717) is 11.5 Å². The molecule has 2 heterocycles. The zero-order valence-electron chi connectivity index (χ0n) is 38.6. The van der Waals surface area contributed by atoms with Crippen LogP contribution in [0.1, 0.15) is 74.8 Å². The molecule has 1 spiro atoms. The van der Waals surface area contributed by atoms with Crippen molar-refractivity contribution in [1.29, 1.82) is 0 Å². The van der Waals surface area contributed by atoms with Gasteiger partial charge in [-0.2, -0.15) is 0 Å². The van der Waals surface area contributed by atoms with Gasteiger partial charge in [-0.25, -0.2) is 0 Å². The van der Waals surface area contributed by atoms with Crippen LogP contribution in [0.25, 0.3) is 39.1 Å². The second kappa shape index (κ2) is 15.5. The van der Waals surface area contributed by atoms with Crippen LogP contribution in [0.4, 0.5) is 5.69 Å². The molecule has 0 radical (unpaired) electrons. The zero-order chi connectivity index (χ0) is 44.6. The molecule has 1 unspecified atom stereocenters. The van der Waals surface area contributed by atoms with Crippen LogP contribution in [-0.4, -0.2) is 61.9 Å². The predicted octanol–water partition coefficient (Wildman–Crippen LogP) is 12.2. The molecule has 6 aromatic carbocycles. The monoisotopic (exact) mass is 857 g/mol. The topological polar surface area (TPSA) is 67.9 Å². The molecule has 0 amide bonds. The Morgan fingerprint density at radius 1 is 0.547 bits per heavy atom. The van der Waals surface area contributed by atoms with Gasteiger partial charge >= 0.3 is 0 Å². The first-order valence-electron chi connectivity index (χ1n) is 22.5. The summed E-state index contributed by atoms with van der Waals surface area (Å²) in [5.41, 5.74) is 9.99. The van der Waals surface area contributed by atoms with Crippen molar-refractivity contribution in [2.24, 2.45) is 10.8 Å². The molecule has 2 aliphatic carbocycles. The lowest BCUT2D eigenvalue weighted by Gasteiger charge is -2.52. The van der Waals surface area contributed by atoms with Crippen LogP contribution < -0.4 is 33.3 Å². The fraction of sp³-hybridized carbons (Fsp3) is 0.357. The Labute approximate surface area is 377 Å². The molecule has 6 aromatic rings. The molecule has 8 heteroatoms. The molecule has 1 saturated carbocycles. The summed E-state index contributed by atoms with van der Waals surface area (Å²) in [4.78, 5) is 2.39. The van der Waals surface area contributed by atoms with Crippen molar-refractivity contribution >= 4 is 22.5 Å². The van der Waals surface area contributed by atoms with Crippen LogP contribution in [-0.2, 0) is 15.8 Å². The second-order valence-electron chi connectivity index (χ2n) is 19.6. The molecule has 64 heavy (non-hydrogen) atoms. The van der Waals surface area contributed by atoms with Gasteiger partial charge in [0.25, 0.3) is 0 Å². The summed E-state index contributed by atoms with van der Waals surface area (Å²) in [5, 5.41) is 2.07. The standard InChI is InChI=1S/C56H59NO7/c1-53(2)32-54(3,4)34-55(33-53)47-28-39(59-6)19-21-42(47)50-45-30-44(41-20-18-40(60-7)29-48(41)61-8)49(62-9)31-46(45)52-43(51(50)55)22-23-56(64-52,36-12-16-38(58-5)17-13-36)35-10-14-37(15-11-35)57-24-26-63-27-25-57/h10-23,28-31H,24-27,32-34H2,1-9H3. The molecular weight excluding hydrogens is 799 g/mol. The van der Waals surface area contributed by atoms with Crippen molar-refractivity contribution in [3.63, 3.8) is 0 Å². The van der Waals surface area contributed by atoms with E-state index in [0.717, 1.165) is 107 Å². The highest BCUT2D eigenvalue weighted by molar-refractivity contribution is 6.11. The van der Waals surface area contributed by atoms with Gasteiger partial charge < -0.3 is 38.1 Å². The van der Waals surface area contributed by atoms with Crippen LogP contribution in [0.2, 0.25) is 0 Å². The average Bonchev–Trinajstić information content (AvgIpc) is 3.57. The Balaban J connectivity index is 1.30. The van der Waals surface area contributed by atoms with Gasteiger partial charge in [0.2, 0.25) is 0 Å². The molecule has 2 fully saturated rings. The van der Waals surface area contributed by atoms with E-state index in [4.69, 9.17) is 33.2 Å². The van der Waals surface area contributed by atoms with Crippen molar-refractivity contribution in [1.82, 2.24) is 0 Å². The summed E-state index contributed by atoms with van der Waals surface area (Å²) < 4.78 is 43.3. The number of morpholine rings is 1. The smallest absolute Gasteiger partial charge is 0.178 e. The van der Waals surface area contributed by atoms with Gasteiger partial charge in [-0.3, -0.25) is 0 Å². The minimum absolute atomic E-state index is 0.0431. The summed E-state index contributed by atoms with van der Waals surface area (Å²) >= 11 is 0. The van der Waals surface area contributed by atoms with E-state index in [2.05, 4.69) is 118 Å². The Kier molecular flexibility index (Phi) is 10.2. The number of hydrogen-bond donors (Lipinski definition) is 0. The van der Waals surface area contributed by atoms with Gasteiger partial charge in [0.15, 0.2) is 5.60 Å². The molecule has 0 N–H and O–H groups in total. The average molecular weight is 858 g/mol. The number of ether oxygens (including phenoxy) is 7. The Morgan fingerprint density at radius 2 is 1.12 bits per heavy atom. The van der Waals surface area contributed by atoms with E-state index in [-0.39, 0.29) is 16.2 Å². The van der Waals surface area contributed by atoms with E-state index < -0.39 is 5.60 Å². The maximum Gasteiger partial charge on any atom is 0.178 e. The largest absolute Gasteiger partial charge is 0.497 e. The third-order valence-electron chi connectivity index (χ3n) is 14.3. The number of hydrogen-bond acceptors (Lipinski definition) is 8. The normalized spacial score (nSPS) is 19.9. The molecule has 10 rings (SSSR count). The van der Waals surface area contributed by atoms with Gasteiger partial charge in [-0.1, -0.05) is 64.1 Å². The zero-order valence-corrected chi connectivity index (χ0v) is 38.6. The van der Waals surface area contributed by atoms with E-state index in [1.165, 1.54) is 27.9 Å². The summed E-state index contributed by atoms with van der Waals surface area (Å²) in [6.45, 7) is 13.0. The number of benzene rings is 6. The maximum absolute atomic E-state index is 7.91. The molecule has 8 nitrogen and oxygen atoms in total. The van der Waals surface area contributed by atoms with E-state index in [1.807, 2.05) is 24.3 Å². The molecule has 4 aliphatic rings. The number of rotatable bonds is 9. The Bertz CT molecular complexity index is 2780. The van der Waals surface area contributed by atoms with Crippen LogP contribution in [0.5, 0.6) is 34.5 Å². The molecular formula is C56H59NO7. The lowest BCUT2D eigenvalue weighted by atomic mass is 9.52. The van der Waals surface area contributed by atoms with Crippen LogP contribution in [0.15, 0.2) is 103 Å². The number of anilines is 1. The quantitative estimate of drug-likeness (QED) is 0.142. The first-order valence-corrected chi connectivity index (χ1v) is 22.5. The molecule has 0 aromatic heterocycles. The van der Waals surface area contributed by atoms with Crippen molar-refractivity contribution in [2.45, 2.75) is 58.0 Å². The van der Waals surface area contributed by atoms with Crippen molar-refractivity contribution in [3.8, 4) is 56.8 Å². The minimum Gasteiger partial charge on any atom is -0.497 e. The minimum atomic E-state index is -0.984. The molecule has 0 bridgehead atoms. The Morgan fingerprint density at radius 3 is 1.75 bits per heavy atom. The van der Waals surface area contributed by atoms with E-state index >= 15 is 0 Å². The highest BCUT2D eigenvalue weighted by Gasteiger charge is 2.56. The summed E-state index contributed by atoms with van der Waals surface area (Å²) in [6, 6.07) is 34.4. The molecule has 1 saturated heterocycles. The summed E-state index contributed by atoms with van der Waals surface area (Å²) in [5.74, 6) is 4.60. The number of nitrogens with zero attached hydrogens (tertiary/aromatic N) is 1. The maximum atomic E-state index is 7.91. The van der Waals surface area contributed by atoms with Gasteiger partial charge in [0.1, 0.15) is 34.5 Å². The van der Waals surface area contributed by atoms with Crippen molar-refractivity contribution in [3.05, 3.63) is 131 Å². The van der Waals surface area contributed by atoms with Gasteiger partial charge in [-0.15, -0.1) is 0 Å². The van der Waals surface area contributed by atoms with Gasteiger partial charge in [-0.05, 0) is 124 Å². The van der Waals surface area contributed by atoms with Gasteiger partial charge in [0, 0.05) is 63.5 Å².